The van der Waals surface area contributed by atoms with Crippen molar-refractivity contribution in [2.75, 3.05) is 5.32 Å². The number of alkyl halides is 3. The Morgan fingerprint density at radius 1 is 1.36 bits per heavy atom. The topological polar surface area (TPSA) is 73.1 Å². The molecule has 0 saturated heterocycles. The second-order valence-corrected chi connectivity index (χ2v) is 4.33. The van der Waals surface area contributed by atoms with Crippen LogP contribution in [0.1, 0.15) is 18.4 Å². The largest absolute Gasteiger partial charge is 0.511 e. The van der Waals surface area contributed by atoms with Gasteiger partial charge in [0.15, 0.2) is 0 Å². The van der Waals surface area contributed by atoms with Crippen LogP contribution in [0.5, 0.6) is 0 Å². The number of benzene rings is 1. The molecule has 0 aliphatic carbocycles. The molecular formula is C15H13F3N2O2. The maximum atomic E-state index is 12.4. The molecule has 0 aliphatic rings. The van der Waals surface area contributed by atoms with Gasteiger partial charge in [-0.15, -0.1) is 6.58 Å². The molecule has 0 aliphatic heterocycles. The van der Waals surface area contributed by atoms with Crippen LogP contribution in [-0.4, -0.2) is 11.0 Å². The third-order valence-electron chi connectivity index (χ3n) is 2.65. The van der Waals surface area contributed by atoms with Crippen molar-refractivity contribution in [1.29, 1.82) is 5.26 Å². The zero-order valence-electron chi connectivity index (χ0n) is 11.4. The number of hydrogen-bond donors (Lipinski definition) is 2. The van der Waals surface area contributed by atoms with E-state index in [9.17, 15) is 23.1 Å². The molecule has 1 rings (SSSR count). The van der Waals surface area contributed by atoms with E-state index in [0.717, 1.165) is 24.3 Å². The first kappa shape index (κ1) is 17.3. The van der Waals surface area contributed by atoms with Gasteiger partial charge in [-0.2, -0.15) is 18.4 Å². The lowest BCUT2D eigenvalue weighted by Crippen LogP contribution is -2.13. The van der Waals surface area contributed by atoms with Gasteiger partial charge in [-0.25, -0.2) is 0 Å². The minimum Gasteiger partial charge on any atom is -0.511 e. The minimum absolute atomic E-state index is 0.0520. The molecule has 22 heavy (non-hydrogen) atoms. The van der Waals surface area contributed by atoms with Crippen molar-refractivity contribution in [3.05, 3.63) is 53.8 Å². The summed E-state index contributed by atoms with van der Waals surface area (Å²) in [5.74, 6) is -0.882. The second-order valence-electron chi connectivity index (χ2n) is 4.33. The number of nitrogens with zero attached hydrogens (tertiary/aromatic N) is 1. The van der Waals surface area contributed by atoms with Gasteiger partial charge in [0.2, 0.25) is 5.91 Å². The molecule has 0 radical (unpaired) electrons. The van der Waals surface area contributed by atoms with Crippen molar-refractivity contribution in [3.8, 4) is 6.07 Å². The van der Waals surface area contributed by atoms with E-state index in [2.05, 4.69) is 11.9 Å². The van der Waals surface area contributed by atoms with Crippen LogP contribution in [0.4, 0.5) is 18.9 Å². The summed E-state index contributed by atoms with van der Waals surface area (Å²) >= 11 is 0. The van der Waals surface area contributed by atoms with Gasteiger partial charge >= 0.3 is 6.18 Å². The van der Waals surface area contributed by atoms with Gasteiger partial charge in [0.25, 0.3) is 0 Å². The summed E-state index contributed by atoms with van der Waals surface area (Å²) in [6.45, 7) is 3.40. The highest BCUT2D eigenvalue weighted by Gasteiger charge is 2.29. The molecule has 7 heteroatoms. The molecule has 0 fully saturated rings. The number of carbonyl (C=O) groups excluding carboxylic acids is 1. The Morgan fingerprint density at radius 2 is 1.95 bits per heavy atom. The molecular weight excluding hydrogens is 297 g/mol. The molecule has 2 N–H and O–H groups in total. The zero-order valence-corrected chi connectivity index (χ0v) is 11.4. The van der Waals surface area contributed by atoms with Crippen molar-refractivity contribution in [2.24, 2.45) is 0 Å². The normalized spacial score (nSPS) is 12.1. The Balaban J connectivity index is 2.75. The fourth-order valence-corrected chi connectivity index (χ4v) is 1.57. The van der Waals surface area contributed by atoms with Crippen LogP contribution in [0.3, 0.4) is 0 Å². The van der Waals surface area contributed by atoms with Crippen molar-refractivity contribution in [3.63, 3.8) is 0 Å². The van der Waals surface area contributed by atoms with Crippen LogP contribution in [0.15, 0.2) is 48.3 Å². The van der Waals surface area contributed by atoms with Crippen molar-refractivity contribution in [1.82, 2.24) is 0 Å². The number of anilines is 1. The highest BCUT2D eigenvalue weighted by molar-refractivity contribution is 5.92. The fourth-order valence-electron chi connectivity index (χ4n) is 1.57. The zero-order chi connectivity index (χ0) is 16.8. The Morgan fingerprint density at radius 3 is 2.41 bits per heavy atom. The molecule has 0 heterocycles. The van der Waals surface area contributed by atoms with Crippen molar-refractivity contribution in [2.45, 2.75) is 19.0 Å². The Kier molecular flexibility index (Phi) is 5.75. The second kappa shape index (κ2) is 7.31. The summed E-state index contributed by atoms with van der Waals surface area (Å²) in [7, 11) is 0. The lowest BCUT2D eigenvalue weighted by atomic mass is 10.1. The van der Waals surface area contributed by atoms with Gasteiger partial charge in [0.1, 0.15) is 5.76 Å². The van der Waals surface area contributed by atoms with Crippen LogP contribution in [-0.2, 0) is 11.0 Å². The van der Waals surface area contributed by atoms with Gasteiger partial charge in [-0.1, -0.05) is 6.08 Å². The molecule has 116 valence electrons. The quantitative estimate of drug-likeness (QED) is 0.491. The molecule has 1 aromatic carbocycles. The molecule has 1 aromatic rings. The number of aliphatic hydroxyl groups excluding tert-OH is 1. The molecule has 0 spiro atoms. The first-order valence-electron chi connectivity index (χ1n) is 6.17. The standard InChI is InChI=1S/C15H13F3N2O2/c1-2-3-13(21)10(9-19)8-14(22)20-12-6-4-11(5-7-12)15(16,17)18/h2,4-7,21H,1,3,8H2,(H,20,22)/b13-10+. The molecule has 0 saturated carbocycles. The van der Waals surface area contributed by atoms with Gasteiger partial charge < -0.3 is 10.4 Å². The van der Waals surface area contributed by atoms with Crippen LogP contribution < -0.4 is 5.32 Å². The van der Waals surface area contributed by atoms with Crippen LogP contribution in [0.2, 0.25) is 0 Å². The molecule has 4 nitrogen and oxygen atoms in total. The number of carbonyl (C=O) groups is 1. The maximum Gasteiger partial charge on any atom is 0.416 e. The SMILES string of the molecule is C=CC/C(O)=C(\C#N)CC(=O)Nc1ccc(C(F)(F)F)cc1. The van der Waals surface area contributed by atoms with Crippen molar-refractivity contribution >= 4 is 11.6 Å². The average Bonchev–Trinajstić information content (AvgIpc) is 2.44. The number of hydrogen-bond acceptors (Lipinski definition) is 3. The van der Waals surface area contributed by atoms with E-state index in [1.807, 2.05) is 0 Å². The number of amides is 1. The van der Waals surface area contributed by atoms with E-state index in [1.54, 1.807) is 6.07 Å². The smallest absolute Gasteiger partial charge is 0.416 e. The summed E-state index contributed by atoms with van der Waals surface area (Å²) in [4.78, 5) is 11.7. The van der Waals surface area contributed by atoms with E-state index in [1.165, 1.54) is 6.08 Å². The van der Waals surface area contributed by atoms with Gasteiger partial charge in [0.05, 0.1) is 23.6 Å². The maximum absolute atomic E-state index is 12.4. The van der Waals surface area contributed by atoms with Gasteiger partial charge in [-0.3, -0.25) is 4.79 Å². The minimum atomic E-state index is -4.45. The number of nitrogens with one attached hydrogen (secondary N) is 1. The predicted molar refractivity (Wildman–Crippen MR) is 74.8 cm³/mol. The Bertz CT molecular complexity index is 626. The first-order chi connectivity index (χ1) is 10.3. The summed E-state index contributed by atoms with van der Waals surface area (Å²) < 4.78 is 37.2. The van der Waals surface area contributed by atoms with E-state index < -0.39 is 17.6 Å². The van der Waals surface area contributed by atoms with E-state index >= 15 is 0 Å². The third-order valence-corrected chi connectivity index (χ3v) is 2.65. The summed E-state index contributed by atoms with van der Waals surface area (Å²) in [5, 5.41) is 20.7. The summed E-state index contributed by atoms with van der Waals surface area (Å²) in [5.41, 5.74) is -0.783. The number of aliphatic hydroxyl groups is 1. The Hall–Kier alpha value is -2.75. The molecule has 0 aromatic heterocycles. The van der Waals surface area contributed by atoms with E-state index in [-0.39, 0.29) is 29.9 Å². The third kappa shape index (κ3) is 4.98. The number of nitriles is 1. The highest BCUT2D eigenvalue weighted by atomic mass is 19.4. The number of halogens is 3. The van der Waals surface area contributed by atoms with Crippen LogP contribution in [0, 0.1) is 11.3 Å². The van der Waals surface area contributed by atoms with Crippen molar-refractivity contribution < 1.29 is 23.1 Å². The lowest BCUT2D eigenvalue weighted by Gasteiger charge is -2.09. The van der Waals surface area contributed by atoms with Crippen LogP contribution >= 0.6 is 0 Å². The van der Waals surface area contributed by atoms with E-state index in [0.29, 0.717) is 0 Å². The average molecular weight is 310 g/mol. The molecule has 1 amide bonds. The van der Waals surface area contributed by atoms with Crippen LogP contribution in [0.25, 0.3) is 0 Å². The monoisotopic (exact) mass is 310 g/mol. The van der Waals surface area contributed by atoms with E-state index in [4.69, 9.17) is 5.26 Å². The first-order valence-corrected chi connectivity index (χ1v) is 6.17. The van der Waals surface area contributed by atoms with Gasteiger partial charge in [-0.05, 0) is 24.3 Å². The molecule has 0 bridgehead atoms. The highest BCUT2D eigenvalue weighted by Crippen LogP contribution is 2.29. The molecule has 0 atom stereocenters. The number of rotatable bonds is 5. The predicted octanol–water partition coefficient (Wildman–Crippen LogP) is 3.95. The Labute approximate surface area is 125 Å². The molecule has 0 unspecified atom stereocenters. The fraction of sp³-hybridized carbons (Fsp3) is 0.200. The number of allylic oxidation sites excluding steroid dienone is 1. The lowest BCUT2D eigenvalue weighted by molar-refractivity contribution is -0.137. The summed E-state index contributed by atoms with van der Waals surface area (Å²) in [6.07, 6.45) is -3.40. The summed E-state index contributed by atoms with van der Waals surface area (Å²) in [6, 6.07) is 5.61. The van der Waals surface area contributed by atoms with Gasteiger partial charge in [0, 0.05) is 12.1 Å².